The second-order valence-electron chi connectivity index (χ2n) is 4.17. The van der Waals surface area contributed by atoms with Gasteiger partial charge in [0.25, 0.3) is 0 Å². The van der Waals surface area contributed by atoms with Crippen molar-refractivity contribution in [2.75, 3.05) is 0 Å². The zero-order valence-electron chi connectivity index (χ0n) is 9.00. The average Bonchev–Trinajstić information content (AvgIpc) is 2.43. The normalized spacial score (nSPS) is 14.3. The number of hydrogen-bond donors (Lipinski definition) is 1. The van der Waals surface area contributed by atoms with Gasteiger partial charge in [-0.15, -0.1) is 0 Å². The largest absolute Gasteiger partial charge is 0.481 e. The SMILES string of the molecule is CC1=C(CC(=O)O)c2cc(C)ccc2C1. The maximum Gasteiger partial charge on any atom is 0.307 e. The van der Waals surface area contributed by atoms with Gasteiger partial charge in [-0.1, -0.05) is 29.3 Å². The molecule has 1 aromatic rings. The second-order valence-corrected chi connectivity index (χ2v) is 4.17. The lowest BCUT2D eigenvalue weighted by Gasteiger charge is -2.04. The molecule has 15 heavy (non-hydrogen) atoms. The minimum Gasteiger partial charge on any atom is -0.481 e. The molecule has 2 heteroatoms. The van der Waals surface area contributed by atoms with Crippen LogP contribution in [-0.2, 0) is 11.2 Å². The van der Waals surface area contributed by atoms with Gasteiger partial charge in [-0.2, -0.15) is 0 Å². The zero-order valence-corrected chi connectivity index (χ0v) is 9.00. The van der Waals surface area contributed by atoms with Crippen molar-refractivity contribution in [3.05, 3.63) is 40.5 Å². The van der Waals surface area contributed by atoms with Crippen molar-refractivity contribution < 1.29 is 9.90 Å². The van der Waals surface area contributed by atoms with Gasteiger partial charge in [0, 0.05) is 0 Å². The van der Waals surface area contributed by atoms with E-state index in [-0.39, 0.29) is 6.42 Å². The van der Waals surface area contributed by atoms with Crippen LogP contribution in [0.1, 0.15) is 30.0 Å². The monoisotopic (exact) mass is 202 g/mol. The molecule has 0 saturated carbocycles. The lowest BCUT2D eigenvalue weighted by atomic mass is 10.0. The second kappa shape index (κ2) is 3.54. The van der Waals surface area contributed by atoms with Crippen molar-refractivity contribution in [3.8, 4) is 0 Å². The maximum absolute atomic E-state index is 10.8. The molecule has 1 aromatic carbocycles. The molecular weight excluding hydrogens is 188 g/mol. The van der Waals surface area contributed by atoms with Crippen LogP contribution in [-0.4, -0.2) is 11.1 Å². The number of carboxylic acid groups (broad SMARTS) is 1. The van der Waals surface area contributed by atoms with E-state index < -0.39 is 5.97 Å². The van der Waals surface area contributed by atoms with Crippen LogP contribution < -0.4 is 0 Å². The molecule has 0 radical (unpaired) electrons. The highest BCUT2D eigenvalue weighted by Gasteiger charge is 2.20. The van der Waals surface area contributed by atoms with Crippen molar-refractivity contribution in [3.63, 3.8) is 0 Å². The molecule has 0 aromatic heterocycles. The Kier molecular flexibility index (Phi) is 2.35. The van der Waals surface area contributed by atoms with E-state index in [2.05, 4.69) is 18.2 Å². The summed E-state index contributed by atoms with van der Waals surface area (Å²) in [5.74, 6) is -0.751. The molecule has 0 atom stereocenters. The van der Waals surface area contributed by atoms with Crippen LogP contribution in [0.2, 0.25) is 0 Å². The highest BCUT2D eigenvalue weighted by Crippen LogP contribution is 2.35. The molecule has 78 valence electrons. The molecule has 1 N–H and O–H groups in total. The first kappa shape index (κ1) is 9.97. The predicted molar refractivity (Wildman–Crippen MR) is 59.7 cm³/mol. The van der Waals surface area contributed by atoms with Gasteiger partial charge in [0.15, 0.2) is 0 Å². The van der Waals surface area contributed by atoms with Gasteiger partial charge in [0.05, 0.1) is 6.42 Å². The molecule has 2 nitrogen and oxygen atoms in total. The summed E-state index contributed by atoms with van der Waals surface area (Å²) in [5.41, 5.74) is 5.77. The Morgan fingerprint density at radius 3 is 2.80 bits per heavy atom. The topological polar surface area (TPSA) is 37.3 Å². The summed E-state index contributed by atoms with van der Waals surface area (Å²) in [7, 11) is 0. The number of aryl methyl sites for hydroxylation is 1. The van der Waals surface area contributed by atoms with E-state index in [0.717, 1.165) is 17.6 Å². The number of fused-ring (bicyclic) bond motifs is 1. The van der Waals surface area contributed by atoms with Crippen LogP contribution in [0.15, 0.2) is 23.8 Å². The van der Waals surface area contributed by atoms with Gasteiger partial charge in [-0.3, -0.25) is 4.79 Å². The van der Waals surface area contributed by atoms with Crippen molar-refractivity contribution in [2.24, 2.45) is 0 Å². The quantitative estimate of drug-likeness (QED) is 0.800. The number of aliphatic carboxylic acids is 1. The van der Waals surface area contributed by atoms with Gasteiger partial charge in [0.2, 0.25) is 0 Å². The van der Waals surface area contributed by atoms with E-state index in [4.69, 9.17) is 5.11 Å². The fourth-order valence-corrected chi connectivity index (χ4v) is 2.14. The molecule has 0 aliphatic heterocycles. The molecular formula is C13H14O2. The van der Waals surface area contributed by atoms with Crippen LogP contribution in [0.4, 0.5) is 0 Å². The van der Waals surface area contributed by atoms with Crippen LogP contribution >= 0.6 is 0 Å². The maximum atomic E-state index is 10.8. The molecule has 1 aliphatic rings. The van der Waals surface area contributed by atoms with Gasteiger partial charge < -0.3 is 5.11 Å². The summed E-state index contributed by atoms with van der Waals surface area (Å²) in [5, 5.41) is 8.85. The Balaban J connectivity index is 2.45. The highest BCUT2D eigenvalue weighted by atomic mass is 16.4. The molecule has 2 rings (SSSR count). The van der Waals surface area contributed by atoms with Gasteiger partial charge >= 0.3 is 5.97 Å². The van der Waals surface area contributed by atoms with Crippen LogP contribution in [0.25, 0.3) is 5.57 Å². The fraction of sp³-hybridized carbons (Fsp3) is 0.308. The average molecular weight is 202 g/mol. The van der Waals surface area contributed by atoms with Crippen LogP contribution in [0.3, 0.4) is 0 Å². The Morgan fingerprint density at radius 1 is 1.40 bits per heavy atom. The first-order valence-electron chi connectivity index (χ1n) is 5.08. The third-order valence-corrected chi connectivity index (χ3v) is 2.89. The first-order valence-corrected chi connectivity index (χ1v) is 5.08. The Labute approximate surface area is 89.2 Å². The molecule has 0 fully saturated rings. The minimum atomic E-state index is -0.751. The Morgan fingerprint density at radius 2 is 2.13 bits per heavy atom. The fourth-order valence-electron chi connectivity index (χ4n) is 2.14. The summed E-state index contributed by atoms with van der Waals surface area (Å²) < 4.78 is 0. The number of benzene rings is 1. The number of carboxylic acids is 1. The van der Waals surface area contributed by atoms with Crippen molar-refractivity contribution >= 4 is 11.5 Å². The summed E-state index contributed by atoms with van der Waals surface area (Å²) in [4.78, 5) is 10.8. The number of hydrogen-bond acceptors (Lipinski definition) is 1. The molecule has 0 bridgehead atoms. The van der Waals surface area contributed by atoms with Crippen molar-refractivity contribution in [1.82, 2.24) is 0 Å². The van der Waals surface area contributed by atoms with Gasteiger partial charge in [-0.05, 0) is 37.0 Å². The number of allylic oxidation sites excluding steroid dienone is 1. The number of carbonyl (C=O) groups is 1. The molecule has 0 saturated heterocycles. The smallest absolute Gasteiger partial charge is 0.307 e. The molecule has 0 spiro atoms. The van der Waals surface area contributed by atoms with Crippen LogP contribution in [0, 0.1) is 6.92 Å². The van der Waals surface area contributed by atoms with Crippen molar-refractivity contribution in [1.29, 1.82) is 0 Å². The molecule has 0 amide bonds. The van der Waals surface area contributed by atoms with E-state index in [1.165, 1.54) is 16.7 Å². The first-order chi connectivity index (χ1) is 7.08. The van der Waals surface area contributed by atoms with Gasteiger partial charge in [-0.25, -0.2) is 0 Å². The van der Waals surface area contributed by atoms with E-state index in [1.807, 2.05) is 13.8 Å². The summed E-state index contributed by atoms with van der Waals surface area (Å²) >= 11 is 0. The standard InChI is InChI=1S/C13H14O2/c1-8-3-4-10-6-9(2)11(7-13(14)15)12(10)5-8/h3-5H,6-7H2,1-2H3,(H,14,15). The Bertz CT molecular complexity index is 456. The van der Waals surface area contributed by atoms with Crippen molar-refractivity contribution in [2.45, 2.75) is 26.7 Å². The zero-order chi connectivity index (χ0) is 11.0. The lowest BCUT2D eigenvalue weighted by molar-refractivity contribution is -0.135. The summed E-state index contributed by atoms with van der Waals surface area (Å²) in [6.07, 6.45) is 1.04. The predicted octanol–water partition coefficient (Wildman–Crippen LogP) is 2.80. The van der Waals surface area contributed by atoms with Gasteiger partial charge in [0.1, 0.15) is 0 Å². The lowest BCUT2D eigenvalue weighted by Crippen LogP contribution is -1.97. The highest BCUT2D eigenvalue weighted by molar-refractivity contribution is 5.88. The minimum absolute atomic E-state index is 0.141. The van der Waals surface area contributed by atoms with E-state index in [0.29, 0.717) is 0 Å². The van der Waals surface area contributed by atoms with E-state index >= 15 is 0 Å². The Hall–Kier alpha value is -1.57. The summed E-state index contributed by atoms with van der Waals surface area (Å²) in [6.45, 7) is 4.06. The molecule has 0 unspecified atom stereocenters. The van der Waals surface area contributed by atoms with E-state index in [1.54, 1.807) is 0 Å². The summed E-state index contributed by atoms with van der Waals surface area (Å²) in [6, 6.07) is 6.27. The number of rotatable bonds is 2. The van der Waals surface area contributed by atoms with E-state index in [9.17, 15) is 4.79 Å². The van der Waals surface area contributed by atoms with Crippen LogP contribution in [0.5, 0.6) is 0 Å². The third-order valence-electron chi connectivity index (χ3n) is 2.89. The molecule has 1 aliphatic carbocycles. The third kappa shape index (κ3) is 1.80. The molecule has 0 heterocycles.